The van der Waals surface area contributed by atoms with Gasteiger partial charge in [-0.3, -0.25) is 0 Å². The quantitative estimate of drug-likeness (QED) is 0.157. The largest absolute Gasteiger partial charge is 0.491 e. The van der Waals surface area contributed by atoms with Gasteiger partial charge in [-0.15, -0.1) is 0 Å². The number of nitrogens with two attached hydrogens (primary N) is 2. The summed E-state index contributed by atoms with van der Waals surface area (Å²) in [5, 5.41) is 13.5. The fraction of sp³-hybridized carbons (Fsp3) is 0.143. The third-order valence-corrected chi connectivity index (χ3v) is 4.05. The first-order valence-electron chi connectivity index (χ1n) is 8.52. The summed E-state index contributed by atoms with van der Waals surface area (Å²) in [6, 6.07) is 12.7. The predicted molar refractivity (Wildman–Crippen MR) is 108 cm³/mol. The second-order valence-electron chi connectivity index (χ2n) is 5.92. The summed E-state index contributed by atoms with van der Waals surface area (Å²) in [5.41, 5.74) is 13.7. The van der Waals surface area contributed by atoms with Crippen molar-refractivity contribution in [2.24, 2.45) is 10.9 Å². The number of oxime groups is 1. The molecule has 0 saturated carbocycles. The number of nitrogen functional groups attached to an aromatic ring is 1. The molecule has 0 amide bonds. The Labute approximate surface area is 162 Å². The van der Waals surface area contributed by atoms with E-state index < -0.39 is 0 Å². The van der Waals surface area contributed by atoms with Crippen LogP contribution in [0.25, 0.3) is 10.8 Å². The summed E-state index contributed by atoms with van der Waals surface area (Å²) in [7, 11) is 1.62. The lowest BCUT2D eigenvalue weighted by atomic mass is 10.1. The van der Waals surface area contributed by atoms with Crippen LogP contribution in [0.2, 0.25) is 0 Å². The SMILES string of the molecule is COCCOc1ccc2c(N)ncc(C#Cc3cccc(C(N)=NO)c3)c2c1. The number of hydrogen-bond donors (Lipinski definition) is 3. The first kappa shape index (κ1) is 19.0. The Balaban J connectivity index is 1.98. The topological polar surface area (TPSA) is 116 Å². The number of fused-ring (bicyclic) bond motifs is 1. The van der Waals surface area contributed by atoms with Gasteiger partial charge in [0.2, 0.25) is 0 Å². The molecule has 3 aromatic rings. The van der Waals surface area contributed by atoms with E-state index in [2.05, 4.69) is 22.0 Å². The van der Waals surface area contributed by atoms with Crippen molar-refractivity contribution in [3.8, 4) is 17.6 Å². The van der Waals surface area contributed by atoms with Crippen molar-refractivity contribution in [3.63, 3.8) is 0 Å². The molecular weight excluding hydrogens is 356 g/mol. The van der Waals surface area contributed by atoms with E-state index in [0.717, 1.165) is 21.9 Å². The second-order valence-corrected chi connectivity index (χ2v) is 5.92. The van der Waals surface area contributed by atoms with Gasteiger partial charge in [0.1, 0.15) is 18.2 Å². The first-order chi connectivity index (χ1) is 13.6. The molecule has 0 aliphatic rings. The molecule has 28 heavy (non-hydrogen) atoms. The minimum Gasteiger partial charge on any atom is -0.491 e. The number of ether oxygens (including phenoxy) is 2. The van der Waals surface area contributed by atoms with E-state index in [-0.39, 0.29) is 5.84 Å². The number of anilines is 1. The van der Waals surface area contributed by atoms with Gasteiger partial charge < -0.3 is 26.1 Å². The van der Waals surface area contributed by atoms with Crippen LogP contribution in [0, 0.1) is 11.8 Å². The Kier molecular flexibility index (Phi) is 5.94. The van der Waals surface area contributed by atoms with E-state index in [1.807, 2.05) is 24.3 Å². The van der Waals surface area contributed by atoms with Gasteiger partial charge in [-0.25, -0.2) is 4.98 Å². The summed E-state index contributed by atoms with van der Waals surface area (Å²) in [5.74, 6) is 7.36. The lowest BCUT2D eigenvalue weighted by Gasteiger charge is -2.09. The number of methoxy groups -OCH3 is 1. The van der Waals surface area contributed by atoms with Crippen LogP contribution in [0.5, 0.6) is 5.75 Å². The number of pyridine rings is 1. The molecule has 1 heterocycles. The third kappa shape index (κ3) is 4.31. The van der Waals surface area contributed by atoms with Crippen molar-refractivity contribution in [2.45, 2.75) is 0 Å². The summed E-state index contributed by atoms with van der Waals surface area (Å²) < 4.78 is 10.7. The number of aromatic nitrogens is 1. The summed E-state index contributed by atoms with van der Waals surface area (Å²) >= 11 is 0. The number of amidine groups is 1. The van der Waals surface area contributed by atoms with Crippen LogP contribution >= 0.6 is 0 Å². The van der Waals surface area contributed by atoms with Crippen molar-refractivity contribution in [1.82, 2.24) is 4.98 Å². The fourth-order valence-electron chi connectivity index (χ4n) is 2.63. The van der Waals surface area contributed by atoms with Gasteiger partial charge in [-0.05, 0) is 30.3 Å². The highest BCUT2D eigenvalue weighted by atomic mass is 16.5. The molecule has 0 aliphatic carbocycles. The van der Waals surface area contributed by atoms with Crippen molar-refractivity contribution in [3.05, 3.63) is 65.4 Å². The Morgan fingerprint density at radius 1 is 1.14 bits per heavy atom. The summed E-state index contributed by atoms with van der Waals surface area (Å²) in [6.45, 7) is 0.948. The van der Waals surface area contributed by atoms with E-state index in [4.69, 9.17) is 26.1 Å². The lowest BCUT2D eigenvalue weighted by Crippen LogP contribution is -2.12. The third-order valence-electron chi connectivity index (χ3n) is 4.05. The van der Waals surface area contributed by atoms with Crippen LogP contribution in [0.15, 0.2) is 53.8 Å². The zero-order valence-electron chi connectivity index (χ0n) is 15.3. The summed E-state index contributed by atoms with van der Waals surface area (Å²) in [6.07, 6.45) is 1.64. The maximum Gasteiger partial charge on any atom is 0.170 e. The van der Waals surface area contributed by atoms with Crippen LogP contribution in [0.4, 0.5) is 5.82 Å². The maximum absolute atomic E-state index is 8.82. The van der Waals surface area contributed by atoms with Crippen LogP contribution in [0.3, 0.4) is 0 Å². The Morgan fingerprint density at radius 2 is 2.00 bits per heavy atom. The Bertz CT molecular complexity index is 1080. The molecule has 3 rings (SSSR count). The molecule has 5 N–H and O–H groups in total. The lowest BCUT2D eigenvalue weighted by molar-refractivity contribution is 0.146. The van der Waals surface area contributed by atoms with E-state index in [1.165, 1.54) is 0 Å². The average Bonchev–Trinajstić information content (AvgIpc) is 2.73. The Morgan fingerprint density at radius 3 is 2.79 bits per heavy atom. The monoisotopic (exact) mass is 376 g/mol. The highest BCUT2D eigenvalue weighted by molar-refractivity contribution is 5.97. The molecule has 0 saturated heterocycles. The predicted octanol–water partition coefficient (Wildman–Crippen LogP) is 2.34. The van der Waals surface area contributed by atoms with Crippen molar-refractivity contribution < 1.29 is 14.7 Å². The molecule has 142 valence electrons. The van der Waals surface area contributed by atoms with Gasteiger partial charge in [0.15, 0.2) is 5.84 Å². The first-order valence-corrected chi connectivity index (χ1v) is 8.52. The molecule has 7 heteroatoms. The van der Waals surface area contributed by atoms with Gasteiger partial charge in [0.25, 0.3) is 0 Å². The van der Waals surface area contributed by atoms with Crippen LogP contribution in [0.1, 0.15) is 16.7 Å². The zero-order valence-corrected chi connectivity index (χ0v) is 15.3. The standard InChI is InChI=1S/C21H20N4O3/c1-27-9-10-28-17-7-8-18-19(12-17)16(13-24-21(18)23)6-5-14-3-2-4-15(11-14)20(22)25-26/h2-4,7-8,11-13,26H,9-10H2,1H3,(H2,22,25)(H2,23,24). The maximum atomic E-state index is 8.82. The molecule has 2 aromatic carbocycles. The van der Waals surface area contributed by atoms with Crippen LogP contribution < -0.4 is 16.2 Å². The minimum atomic E-state index is 0.0288. The number of rotatable bonds is 5. The molecule has 0 spiro atoms. The number of benzene rings is 2. The van der Waals surface area contributed by atoms with Gasteiger partial charge in [-0.2, -0.15) is 0 Å². The molecule has 0 unspecified atom stereocenters. The number of hydrogen-bond acceptors (Lipinski definition) is 6. The molecule has 0 fully saturated rings. The smallest absolute Gasteiger partial charge is 0.170 e. The molecule has 0 atom stereocenters. The average molecular weight is 376 g/mol. The molecule has 0 bridgehead atoms. The highest BCUT2D eigenvalue weighted by Gasteiger charge is 2.06. The minimum absolute atomic E-state index is 0.0288. The number of nitrogens with zero attached hydrogens (tertiary/aromatic N) is 2. The van der Waals surface area contributed by atoms with E-state index in [0.29, 0.717) is 30.3 Å². The van der Waals surface area contributed by atoms with Gasteiger partial charge >= 0.3 is 0 Å². The fourth-order valence-corrected chi connectivity index (χ4v) is 2.63. The van der Waals surface area contributed by atoms with Gasteiger partial charge in [-0.1, -0.05) is 29.1 Å². The van der Waals surface area contributed by atoms with Gasteiger partial charge in [0, 0.05) is 35.2 Å². The molecule has 0 aliphatic heterocycles. The van der Waals surface area contributed by atoms with E-state index in [1.54, 1.807) is 31.5 Å². The second kappa shape index (κ2) is 8.75. The van der Waals surface area contributed by atoms with Crippen LogP contribution in [-0.4, -0.2) is 36.4 Å². The van der Waals surface area contributed by atoms with Crippen molar-refractivity contribution >= 4 is 22.4 Å². The van der Waals surface area contributed by atoms with E-state index in [9.17, 15) is 0 Å². The molecule has 7 nitrogen and oxygen atoms in total. The normalized spacial score (nSPS) is 11.1. The van der Waals surface area contributed by atoms with E-state index >= 15 is 0 Å². The zero-order chi connectivity index (χ0) is 19.9. The van der Waals surface area contributed by atoms with Crippen molar-refractivity contribution in [2.75, 3.05) is 26.1 Å². The van der Waals surface area contributed by atoms with Crippen molar-refractivity contribution in [1.29, 1.82) is 0 Å². The van der Waals surface area contributed by atoms with Gasteiger partial charge in [0.05, 0.1) is 12.2 Å². The molecule has 1 aromatic heterocycles. The van der Waals surface area contributed by atoms with Crippen LogP contribution in [-0.2, 0) is 4.74 Å². The highest BCUT2D eigenvalue weighted by Crippen LogP contribution is 2.26. The Hall–Kier alpha value is -3.76. The molecule has 0 radical (unpaired) electrons. The molecular formula is C21H20N4O3. The summed E-state index contributed by atoms with van der Waals surface area (Å²) in [4.78, 5) is 4.23.